The molecule has 64 heavy (non-hydrogen) atoms. The molecular weight excluding hydrogens is 777 g/mol. The third kappa shape index (κ3) is 4.23. The minimum atomic E-state index is -0.0204. The van der Waals surface area contributed by atoms with Gasteiger partial charge in [0.25, 0.3) is 0 Å². The van der Waals surface area contributed by atoms with Crippen LogP contribution in [0.4, 0.5) is 0 Å². The molecule has 0 unspecified atom stereocenters. The van der Waals surface area contributed by atoms with Gasteiger partial charge in [0.1, 0.15) is 0 Å². The second-order valence-electron chi connectivity index (χ2n) is 25.1. The quantitative estimate of drug-likeness (QED) is 0.153. The molecule has 0 N–H and O–H groups in total. The van der Waals surface area contributed by atoms with Crippen molar-refractivity contribution in [3.63, 3.8) is 0 Å². The van der Waals surface area contributed by atoms with Gasteiger partial charge in [0, 0.05) is 48.5 Å². The van der Waals surface area contributed by atoms with Crippen molar-refractivity contribution < 1.29 is 0 Å². The van der Waals surface area contributed by atoms with Crippen molar-refractivity contribution in [2.45, 2.75) is 190 Å². The van der Waals surface area contributed by atoms with Gasteiger partial charge in [-0.2, -0.15) is 5.26 Å². The van der Waals surface area contributed by atoms with Crippen LogP contribution in [0.15, 0.2) is 48.7 Å². The van der Waals surface area contributed by atoms with Crippen LogP contribution in [0.1, 0.15) is 196 Å². The fourth-order valence-electron chi connectivity index (χ4n) is 17.2. The molecular formula is C60H62N4. The molecule has 0 radical (unpaired) electrons. The van der Waals surface area contributed by atoms with E-state index in [4.69, 9.17) is 4.98 Å². The Hall–Kier alpha value is -4.88. The van der Waals surface area contributed by atoms with Crippen molar-refractivity contribution in [3.8, 4) is 6.07 Å². The minimum absolute atomic E-state index is 0.00411. The van der Waals surface area contributed by atoms with Crippen molar-refractivity contribution in [2.24, 2.45) is 0 Å². The highest BCUT2D eigenvalue weighted by atomic mass is 15.0. The molecule has 4 nitrogen and oxygen atoms in total. The number of benzene rings is 4. The summed E-state index contributed by atoms with van der Waals surface area (Å²) in [6, 6.07) is 20.7. The maximum Gasteiger partial charge on any atom is 0.0995 e. The highest BCUT2D eigenvalue weighted by molar-refractivity contribution is 6.30. The summed E-state index contributed by atoms with van der Waals surface area (Å²) in [5.41, 5.74) is 18.7. The van der Waals surface area contributed by atoms with Crippen LogP contribution in [-0.2, 0) is 32.5 Å². The number of hydrogen-bond acceptors (Lipinski definition) is 2. The number of fused-ring (bicyclic) bond motifs is 20. The Labute approximate surface area is 377 Å². The van der Waals surface area contributed by atoms with Gasteiger partial charge in [-0.15, -0.1) is 0 Å². The fraction of sp³-hybridized carbons (Fsp3) is 0.500. The van der Waals surface area contributed by atoms with Crippen LogP contribution in [0.3, 0.4) is 0 Å². The molecule has 0 aliphatic heterocycles. The molecule has 5 aromatic heterocycles. The zero-order valence-corrected chi connectivity index (χ0v) is 39.1. The van der Waals surface area contributed by atoms with Crippen molar-refractivity contribution >= 4 is 76.2 Å². The standard InChI is InChI=1S/C60H62N4/c1-55(2,3)35-24-39-37-29-44-38(28-43(37)63-45-23-34(30-61)49-50(47(45)41(26-35)52(39)63)58(17-9-10-18-58)32-57(49)15-7-8-16-57)40-25-36(56(4,5)6)27-42-48-46(64(44)53(40)42)31-62-54-51(48)59(19-11-12-20-59)33-60(54)21-13-14-22-60/h23-29,31H,7-22,32-33H2,1-6H3. The number of nitrogens with zero attached hydrogens (tertiary/aromatic N) is 4. The fourth-order valence-corrected chi connectivity index (χ4v) is 17.2. The molecule has 6 aliphatic carbocycles. The Balaban J connectivity index is 1.12. The summed E-state index contributed by atoms with van der Waals surface area (Å²) in [7, 11) is 0. The van der Waals surface area contributed by atoms with Crippen molar-refractivity contribution in [1.29, 1.82) is 5.26 Å². The largest absolute Gasteiger partial charge is 0.308 e. The molecule has 4 fully saturated rings. The number of rotatable bonds is 0. The van der Waals surface area contributed by atoms with E-state index >= 15 is 0 Å². The molecule has 4 saturated carbocycles. The lowest BCUT2D eigenvalue weighted by Crippen LogP contribution is -2.24. The van der Waals surface area contributed by atoms with Gasteiger partial charge in [-0.1, -0.05) is 92.9 Å². The van der Waals surface area contributed by atoms with Crippen LogP contribution in [0.2, 0.25) is 0 Å². The molecule has 4 aromatic carbocycles. The number of nitriles is 1. The first-order valence-electron chi connectivity index (χ1n) is 25.6. The van der Waals surface area contributed by atoms with Gasteiger partial charge in [0.15, 0.2) is 0 Å². The number of pyridine rings is 1. The second-order valence-corrected chi connectivity index (χ2v) is 25.1. The van der Waals surface area contributed by atoms with Crippen LogP contribution < -0.4 is 0 Å². The zero-order valence-electron chi connectivity index (χ0n) is 39.1. The number of aromatic nitrogens is 3. The van der Waals surface area contributed by atoms with E-state index in [0.29, 0.717) is 0 Å². The second kappa shape index (κ2) is 11.6. The average Bonchev–Trinajstić information content (AvgIpc) is 4.13. The monoisotopic (exact) mass is 838 g/mol. The molecule has 0 atom stereocenters. The summed E-state index contributed by atoms with van der Waals surface area (Å²) in [6.45, 7) is 14.4. The molecule has 0 bridgehead atoms. The molecule has 322 valence electrons. The van der Waals surface area contributed by atoms with Crippen LogP contribution in [0.25, 0.3) is 76.2 Å². The Morgan fingerprint density at radius 3 is 1.39 bits per heavy atom. The third-order valence-corrected chi connectivity index (χ3v) is 19.8. The molecule has 9 aromatic rings. The molecule has 0 saturated heterocycles. The SMILES string of the molecule is CC(C)(C)c1cc2c3cc4c(cc3n3c5cnc6c(c5c(c1)c23)C1(CCCC1)CC61CCCC1)c1cc(C(C)(C)C)cc2c3c5c(c(C#N)cc3n4c12)C1(CCCC1)CC51CCCC1. The van der Waals surface area contributed by atoms with E-state index in [-0.39, 0.29) is 32.5 Å². The van der Waals surface area contributed by atoms with Crippen molar-refractivity contribution in [2.75, 3.05) is 0 Å². The summed E-state index contributed by atoms with van der Waals surface area (Å²) >= 11 is 0. The minimum Gasteiger partial charge on any atom is -0.308 e. The third-order valence-electron chi connectivity index (χ3n) is 19.8. The van der Waals surface area contributed by atoms with Crippen molar-refractivity contribution in [3.05, 3.63) is 87.7 Å². The van der Waals surface area contributed by atoms with Gasteiger partial charge in [0.05, 0.1) is 56.6 Å². The van der Waals surface area contributed by atoms with Gasteiger partial charge < -0.3 is 8.80 Å². The zero-order chi connectivity index (χ0) is 43.1. The predicted octanol–water partition coefficient (Wildman–Crippen LogP) is 15.9. The summed E-state index contributed by atoms with van der Waals surface area (Å²) in [5, 5.41) is 22.5. The van der Waals surface area contributed by atoms with E-state index in [0.717, 1.165) is 5.56 Å². The van der Waals surface area contributed by atoms with Crippen LogP contribution in [-0.4, -0.2) is 13.8 Å². The molecule has 0 amide bonds. The maximum absolute atomic E-state index is 11.2. The molecule has 4 heteroatoms. The van der Waals surface area contributed by atoms with E-state index < -0.39 is 0 Å². The lowest BCUT2D eigenvalue weighted by molar-refractivity contribution is 0.321. The topological polar surface area (TPSA) is 45.5 Å². The Morgan fingerprint density at radius 1 is 0.469 bits per heavy atom. The first kappa shape index (κ1) is 37.4. The number of hydrogen-bond donors (Lipinski definition) is 0. The van der Waals surface area contributed by atoms with Gasteiger partial charge in [-0.25, -0.2) is 0 Å². The van der Waals surface area contributed by atoms with E-state index in [1.54, 1.807) is 11.1 Å². The van der Waals surface area contributed by atoms with E-state index in [1.807, 2.05) is 0 Å². The van der Waals surface area contributed by atoms with Gasteiger partial charge in [-0.05, 0) is 162 Å². The Bertz CT molecular complexity index is 3600. The van der Waals surface area contributed by atoms with Gasteiger partial charge in [-0.3, -0.25) is 4.98 Å². The summed E-state index contributed by atoms with van der Waals surface area (Å²) in [6.07, 6.45) is 25.7. The molecule has 5 heterocycles. The lowest BCUT2D eigenvalue weighted by atomic mass is 9.74. The molecule has 15 rings (SSSR count). The summed E-state index contributed by atoms with van der Waals surface area (Å²) in [5.74, 6) is 0. The highest BCUT2D eigenvalue weighted by Gasteiger charge is 2.57. The van der Waals surface area contributed by atoms with E-state index in [2.05, 4.69) is 105 Å². The smallest absolute Gasteiger partial charge is 0.0995 e. The van der Waals surface area contributed by atoms with Gasteiger partial charge >= 0.3 is 0 Å². The normalized spacial score (nSPS) is 22.2. The lowest BCUT2D eigenvalue weighted by Gasteiger charge is -2.29. The predicted molar refractivity (Wildman–Crippen MR) is 265 cm³/mol. The first-order chi connectivity index (χ1) is 30.8. The van der Waals surface area contributed by atoms with Crippen LogP contribution in [0.5, 0.6) is 0 Å². The van der Waals surface area contributed by atoms with Gasteiger partial charge in [0.2, 0.25) is 0 Å². The Kier molecular flexibility index (Phi) is 6.74. The van der Waals surface area contributed by atoms with Crippen LogP contribution in [0, 0.1) is 11.3 Å². The van der Waals surface area contributed by atoms with Crippen molar-refractivity contribution in [1.82, 2.24) is 13.8 Å². The maximum atomic E-state index is 11.2. The average molecular weight is 839 g/mol. The highest BCUT2D eigenvalue weighted by Crippen LogP contribution is 2.66. The molecule has 6 aliphatic rings. The summed E-state index contributed by atoms with van der Waals surface area (Å²) < 4.78 is 5.31. The first-order valence-corrected chi connectivity index (χ1v) is 25.6. The van der Waals surface area contributed by atoms with Crippen LogP contribution >= 0.6 is 0 Å². The van der Waals surface area contributed by atoms with E-state index in [1.165, 1.54) is 214 Å². The molecule has 4 spiro atoms. The summed E-state index contributed by atoms with van der Waals surface area (Å²) in [4.78, 5) is 5.66. The van der Waals surface area contributed by atoms with E-state index in [9.17, 15) is 5.26 Å². The Morgan fingerprint density at radius 2 is 0.891 bits per heavy atom.